The van der Waals surface area contributed by atoms with Crippen LogP contribution in [0.25, 0.3) is 0 Å². The number of carbonyl (C=O) groups is 1. The highest BCUT2D eigenvalue weighted by molar-refractivity contribution is 7.12. The second kappa shape index (κ2) is 5.13. The van der Waals surface area contributed by atoms with E-state index in [1.165, 1.54) is 11.3 Å². The molecule has 3 rings (SSSR count). The lowest BCUT2D eigenvalue weighted by molar-refractivity contribution is 0.0675. The number of pyridine rings is 1. The van der Waals surface area contributed by atoms with E-state index in [9.17, 15) is 4.79 Å². The van der Waals surface area contributed by atoms with Crippen LogP contribution in [0.4, 0.5) is 0 Å². The molecule has 4 heteroatoms. The molecular formula is C15H16N2OS. The molecule has 1 amide bonds. The van der Waals surface area contributed by atoms with Crippen LogP contribution in [0.5, 0.6) is 0 Å². The minimum Gasteiger partial charge on any atom is -0.327 e. The van der Waals surface area contributed by atoms with E-state index in [0.29, 0.717) is 6.04 Å². The van der Waals surface area contributed by atoms with Crippen LogP contribution in [0.1, 0.15) is 41.2 Å². The third-order valence-corrected chi connectivity index (χ3v) is 4.30. The van der Waals surface area contributed by atoms with Gasteiger partial charge in [0.15, 0.2) is 0 Å². The standard InChI is InChI=1S/C15H16N2OS/c1-11(13-5-2-3-9-16-13)17(12-7-8-12)15(18)14-6-4-10-19-14/h2-6,9-12H,7-8H2,1H3/t11-/m0/s1. The van der Waals surface area contributed by atoms with Crippen molar-refractivity contribution in [3.8, 4) is 0 Å². The van der Waals surface area contributed by atoms with E-state index >= 15 is 0 Å². The molecular weight excluding hydrogens is 256 g/mol. The van der Waals surface area contributed by atoms with E-state index in [2.05, 4.69) is 11.9 Å². The zero-order valence-electron chi connectivity index (χ0n) is 10.8. The lowest BCUT2D eigenvalue weighted by Gasteiger charge is -2.28. The zero-order valence-corrected chi connectivity index (χ0v) is 11.6. The van der Waals surface area contributed by atoms with E-state index in [-0.39, 0.29) is 11.9 Å². The molecule has 2 aromatic rings. The molecule has 1 aliphatic rings. The van der Waals surface area contributed by atoms with Crippen molar-refractivity contribution in [3.63, 3.8) is 0 Å². The topological polar surface area (TPSA) is 33.2 Å². The minimum atomic E-state index is 0.0308. The lowest BCUT2D eigenvalue weighted by Crippen LogP contribution is -2.35. The Labute approximate surface area is 116 Å². The van der Waals surface area contributed by atoms with Gasteiger partial charge >= 0.3 is 0 Å². The first-order valence-electron chi connectivity index (χ1n) is 6.54. The van der Waals surface area contributed by atoms with Crippen LogP contribution >= 0.6 is 11.3 Å². The quantitative estimate of drug-likeness (QED) is 0.853. The highest BCUT2D eigenvalue weighted by atomic mass is 32.1. The maximum atomic E-state index is 12.6. The summed E-state index contributed by atoms with van der Waals surface area (Å²) in [5.74, 6) is 0.135. The molecule has 19 heavy (non-hydrogen) atoms. The average molecular weight is 272 g/mol. The number of nitrogens with zero attached hydrogens (tertiary/aromatic N) is 2. The van der Waals surface area contributed by atoms with Crippen LogP contribution < -0.4 is 0 Å². The molecule has 0 aromatic carbocycles. The Kier molecular flexibility index (Phi) is 3.34. The summed E-state index contributed by atoms with van der Waals surface area (Å²) >= 11 is 1.51. The maximum absolute atomic E-state index is 12.6. The largest absolute Gasteiger partial charge is 0.327 e. The molecule has 0 radical (unpaired) electrons. The number of hydrogen-bond acceptors (Lipinski definition) is 3. The summed E-state index contributed by atoms with van der Waals surface area (Å²) in [5.41, 5.74) is 0.958. The number of hydrogen-bond donors (Lipinski definition) is 0. The Morgan fingerprint density at radius 3 is 2.79 bits per heavy atom. The molecule has 0 saturated heterocycles. The predicted octanol–water partition coefficient (Wildman–Crippen LogP) is 3.51. The summed E-state index contributed by atoms with van der Waals surface area (Å²) in [7, 11) is 0. The van der Waals surface area contributed by atoms with Gasteiger partial charge in [0, 0.05) is 12.2 Å². The van der Waals surface area contributed by atoms with Crippen molar-refractivity contribution < 1.29 is 4.79 Å². The van der Waals surface area contributed by atoms with E-state index in [1.54, 1.807) is 6.20 Å². The molecule has 0 aliphatic heterocycles. The first-order chi connectivity index (χ1) is 9.27. The van der Waals surface area contributed by atoms with Gasteiger partial charge in [-0.05, 0) is 43.3 Å². The van der Waals surface area contributed by atoms with Gasteiger partial charge in [-0.3, -0.25) is 9.78 Å². The second-order valence-corrected chi connectivity index (χ2v) is 5.80. The average Bonchev–Trinajstić information content (AvgIpc) is 3.12. The second-order valence-electron chi connectivity index (χ2n) is 4.85. The molecule has 0 N–H and O–H groups in total. The van der Waals surface area contributed by atoms with Crippen molar-refractivity contribution in [2.75, 3.05) is 0 Å². The van der Waals surface area contributed by atoms with Crippen molar-refractivity contribution in [3.05, 3.63) is 52.5 Å². The highest BCUT2D eigenvalue weighted by Crippen LogP contribution is 2.35. The molecule has 1 saturated carbocycles. The Morgan fingerprint density at radius 1 is 1.37 bits per heavy atom. The molecule has 3 nitrogen and oxygen atoms in total. The van der Waals surface area contributed by atoms with Crippen molar-refractivity contribution in [1.82, 2.24) is 9.88 Å². The summed E-state index contributed by atoms with van der Waals surface area (Å²) < 4.78 is 0. The van der Waals surface area contributed by atoms with Gasteiger partial charge in [-0.2, -0.15) is 0 Å². The van der Waals surface area contributed by atoms with Crippen molar-refractivity contribution in [2.24, 2.45) is 0 Å². The number of carbonyl (C=O) groups excluding carboxylic acids is 1. The summed E-state index contributed by atoms with van der Waals surface area (Å²) in [4.78, 5) is 19.8. The van der Waals surface area contributed by atoms with Gasteiger partial charge in [0.25, 0.3) is 5.91 Å². The van der Waals surface area contributed by atoms with Gasteiger partial charge in [0.1, 0.15) is 0 Å². The Hall–Kier alpha value is -1.68. The molecule has 2 heterocycles. The van der Waals surface area contributed by atoms with Gasteiger partial charge in [-0.1, -0.05) is 12.1 Å². The van der Waals surface area contributed by atoms with Gasteiger partial charge in [-0.25, -0.2) is 0 Å². The fraction of sp³-hybridized carbons (Fsp3) is 0.333. The molecule has 1 aliphatic carbocycles. The smallest absolute Gasteiger partial charge is 0.264 e. The van der Waals surface area contributed by atoms with Crippen LogP contribution in [-0.4, -0.2) is 21.8 Å². The van der Waals surface area contributed by atoms with E-state index in [4.69, 9.17) is 0 Å². The van der Waals surface area contributed by atoms with E-state index in [1.807, 2.05) is 40.6 Å². The Bertz CT molecular complexity index is 549. The first kappa shape index (κ1) is 12.4. The molecule has 98 valence electrons. The van der Waals surface area contributed by atoms with Crippen LogP contribution in [0, 0.1) is 0 Å². The summed E-state index contributed by atoms with van der Waals surface area (Å²) in [6.07, 6.45) is 4.00. The third-order valence-electron chi connectivity index (χ3n) is 3.44. The molecule has 1 fully saturated rings. The number of aromatic nitrogens is 1. The molecule has 1 atom stereocenters. The first-order valence-corrected chi connectivity index (χ1v) is 7.42. The minimum absolute atomic E-state index is 0.0308. The maximum Gasteiger partial charge on any atom is 0.264 e. The summed E-state index contributed by atoms with van der Waals surface area (Å²) in [5, 5.41) is 1.95. The fourth-order valence-electron chi connectivity index (χ4n) is 2.30. The Balaban J connectivity index is 1.87. The van der Waals surface area contributed by atoms with Gasteiger partial charge in [0.2, 0.25) is 0 Å². The van der Waals surface area contributed by atoms with Gasteiger partial charge in [0.05, 0.1) is 16.6 Å². The summed E-state index contributed by atoms with van der Waals surface area (Å²) in [6.45, 7) is 2.06. The molecule has 0 spiro atoms. The fourth-order valence-corrected chi connectivity index (χ4v) is 2.97. The zero-order chi connectivity index (χ0) is 13.2. The van der Waals surface area contributed by atoms with Crippen molar-refractivity contribution in [1.29, 1.82) is 0 Å². The molecule has 2 aromatic heterocycles. The number of amides is 1. The van der Waals surface area contributed by atoms with Crippen molar-refractivity contribution >= 4 is 17.2 Å². The van der Waals surface area contributed by atoms with Crippen LogP contribution in [0.3, 0.4) is 0 Å². The monoisotopic (exact) mass is 272 g/mol. The normalized spacial score (nSPS) is 16.1. The number of thiophene rings is 1. The van der Waals surface area contributed by atoms with E-state index in [0.717, 1.165) is 23.4 Å². The van der Waals surface area contributed by atoms with Gasteiger partial charge in [-0.15, -0.1) is 11.3 Å². The molecule has 0 unspecified atom stereocenters. The molecule has 0 bridgehead atoms. The predicted molar refractivity (Wildman–Crippen MR) is 76.2 cm³/mol. The van der Waals surface area contributed by atoms with Crippen molar-refractivity contribution in [2.45, 2.75) is 31.8 Å². The van der Waals surface area contributed by atoms with Gasteiger partial charge < -0.3 is 4.90 Å². The number of rotatable bonds is 4. The van der Waals surface area contributed by atoms with Crippen LogP contribution in [0.2, 0.25) is 0 Å². The lowest BCUT2D eigenvalue weighted by atomic mass is 10.1. The van der Waals surface area contributed by atoms with Crippen LogP contribution in [-0.2, 0) is 0 Å². The Morgan fingerprint density at radius 2 is 2.21 bits per heavy atom. The SMILES string of the molecule is C[C@@H](c1ccccn1)N(C(=O)c1cccs1)C1CC1. The third kappa shape index (κ3) is 2.54. The summed E-state index contributed by atoms with van der Waals surface area (Å²) in [6, 6.07) is 10.1. The van der Waals surface area contributed by atoms with E-state index < -0.39 is 0 Å². The highest BCUT2D eigenvalue weighted by Gasteiger charge is 2.37. The van der Waals surface area contributed by atoms with Crippen LogP contribution in [0.15, 0.2) is 41.9 Å².